The number of halogens is 1. The molecule has 0 heterocycles. The molecule has 20 heavy (non-hydrogen) atoms. The van der Waals surface area contributed by atoms with Gasteiger partial charge in [-0.1, -0.05) is 35.9 Å². The molecule has 104 valence electrons. The van der Waals surface area contributed by atoms with Gasteiger partial charge >= 0.3 is 0 Å². The van der Waals surface area contributed by atoms with Gasteiger partial charge in [-0.05, 0) is 31.2 Å². The standard InChI is InChI=1S/C16H16ClNO2/c1-11(14-8-3-4-9-15(14)19)18(2)16(20)12-6-5-7-13(17)10-12/h3-11,19H,1-2H3. The van der Waals surface area contributed by atoms with Gasteiger partial charge in [-0.3, -0.25) is 4.79 Å². The van der Waals surface area contributed by atoms with Gasteiger partial charge in [0, 0.05) is 23.2 Å². The fourth-order valence-corrected chi connectivity index (χ4v) is 2.24. The SMILES string of the molecule is CC(c1ccccc1O)N(C)C(=O)c1cccc(Cl)c1. The van der Waals surface area contributed by atoms with Crippen molar-refractivity contribution < 1.29 is 9.90 Å². The van der Waals surface area contributed by atoms with Crippen LogP contribution < -0.4 is 0 Å². The largest absolute Gasteiger partial charge is 0.508 e. The van der Waals surface area contributed by atoms with E-state index in [0.29, 0.717) is 16.1 Å². The van der Waals surface area contributed by atoms with E-state index in [1.165, 1.54) is 0 Å². The van der Waals surface area contributed by atoms with Gasteiger partial charge < -0.3 is 10.0 Å². The Bertz CT molecular complexity index is 627. The molecule has 1 N–H and O–H groups in total. The number of phenolic OH excluding ortho intramolecular Hbond substituents is 1. The number of carbonyl (C=O) groups excluding carboxylic acids is 1. The third-order valence-electron chi connectivity index (χ3n) is 3.36. The van der Waals surface area contributed by atoms with Crippen LogP contribution in [0.15, 0.2) is 48.5 Å². The van der Waals surface area contributed by atoms with E-state index in [9.17, 15) is 9.90 Å². The maximum absolute atomic E-state index is 12.4. The Kier molecular flexibility index (Phi) is 4.30. The summed E-state index contributed by atoms with van der Waals surface area (Å²) in [7, 11) is 1.71. The summed E-state index contributed by atoms with van der Waals surface area (Å²) in [4.78, 5) is 14.0. The Balaban J connectivity index is 2.25. The van der Waals surface area contributed by atoms with E-state index in [1.807, 2.05) is 19.1 Å². The molecule has 0 aliphatic heterocycles. The molecular formula is C16H16ClNO2. The molecule has 2 rings (SSSR count). The summed E-state index contributed by atoms with van der Waals surface area (Å²) in [5, 5.41) is 10.4. The maximum Gasteiger partial charge on any atom is 0.254 e. The van der Waals surface area contributed by atoms with E-state index in [1.54, 1.807) is 48.3 Å². The van der Waals surface area contributed by atoms with E-state index in [4.69, 9.17) is 11.6 Å². The number of carbonyl (C=O) groups is 1. The summed E-state index contributed by atoms with van der Waals surface area (Å²) in [5.41, 5.74) is 1.24. The van der Waals surface area contributed by atoms with Crippen LogP contribution >= 0.6 is 11.6 Å². The molecule has 3 nitrogen and oxygen atoms in total. The van der Waals surface area contributed by atoms with Crippen molar-refractivity contribution in [2.75, 3.05) is 7.05 Å². The first-order valence-corrected chi connectivity index (χ1v) is 6.69. The number of nitrogens with zero attached hydrogens (tertiary/aromatic N) is 1. The molecule has 4 heteroatoms. The van der Waals surface area contributed by atoms with Crippen LogP contribution in [0.25, 0.3) is 0 Å². The molecule has 0 bridgehead atoms. The second-order valence-corrected chi connectivity index (χ2v) is 5.10. The minimum atomic E-state index is -0.234. The first-order valence-electron chi connectivity index (χ1n) is 6.31. The molecule has 0 aliphatic carbocycles. The van der Waals surface area contributed by atoms with Gasteiger partial charge in [0.25, 0.3) is 5.91 Å². The van der Waals surface area contributed by atoms with E-state index in [0.717, 1.165) is 0 Å². The molecule has 0 aromatic heterocycles. The van der Waals surface area contributed by atoms with Crippen molar-refractivity contribution in [3.8, 4) is 5.75 Å². The number of hydrogen-bond acceptors (Lipinski definition) is 2. The predicted octanol–water partition coefficient (Wildman–Crippen LogP) is 3.88. The summed E-state index contributed by atoms with van der Waals surface area (Å²) < 4.78 is 0. The Morgan fingerprint density at radius 1 is 1.20 bits per heavy atom. The van der Waals surface area contributed by atoms with Crippen molar-refractivity contribution in [2.45, 2.75) is 13.0 Å². The summed E-state index contributed by atoms with van der Waals surface area (Å²) in [6.45, 7) is 1.87. The molecule has 0 aliphatic rings. The normalized spacial score (nSPS) is 11.9. The van der Waals surface area contributed by atoms with Crippen molar-refractivity contribution in [3.05, 3.63) is 64.7 Å². The second kappa shape index (κ2) is 5.97. The predicted molar refractivity (Wildman–Crippen MR) is 80.1 cm³/mol. The monoisotopic (exact) mass is 289 g/mol. The summed E-state index contributed by atoms with van der Waals surface area (Å²) in [6.07, 6.45) is 0. The van der Waals surface area contributed by atoms with Gasteiger partial charge in [0.15, 0.2) is 0 Å². The van der Waals surface area contributed by atoms with E-state index >= 15 is 0 Å². The highest BCUT2D eigenvalue weighted by molar-refractivity contribution is 6.30. The molecule has 0 fully saturated rings. The first kappa shape index (κ1) is 14.4. The Hall–Kier alpha value is -2.00. The molecule has 2 aromatic carbocycles. The van der Waals surface area contributed by atoms with E-state index in [2.05, 4.69) is 0 Å². The average Bonchev–Trinajstić information content (AvgIpc) is 2.45. The lowest BCUT2D eigenvalue weighted by molar-refractivity contribution is 0.0741. The topological polar surface area (TPSA) is 40.5 Å². The van der Waals surface area contributed by atoms with Crippen molar-refractivity contribution in [3.63, 3.8) is 0 Å². The van der Waals surface area contributed by atoms with Gasteiger partial charge in [0.05, 0.1) is 6.04 Å². The molecule has 1 amide bonds. The molecule has 1 atom stereocenters. The van der Waals surface area contributed by atoms with Crippen molar-refractivity contribution in [1.82, 2.24) is 4.90 Å². The zero-order chi connectivity index (χ0) is 14.7. The Labute approximate surface area is 123 Å². The summed E-state index contributed by atoms with van der Waals surface area (Å²) in [6, 6.07) is 13.6. The Morgan fingerprint density at radius 2 is 1.90 bits per heavy atom. The van der Waals surface area contributed by atoms with Crippen LogP contribution in [0, 0.1) is 0 Å². The fourth-order valence-electron chi connectivity index (χ4n) is 2.05. The van der Waals surface area contributed by atoms with Crippen LogP contribution in [0.1, 0.15) is 28.9 Å². The number of amides is 1. The lowest BCUT2D eigenvalue weighted by Gasteiger charge is -2.26. The maximum atomic E-state index is 12.4. The van der Waals surface area contributed by atoms with Crippen LogP contribution in [0.4, 0.5) is 0 Å². The van der Waals surface area contributed by atoms with Gasteiger partial charge in [-0.25, -0.2) is 0 Å². The van der Waals surface area contributed by atoms with Crippen LogP contribution in [0.3, 0.4) is 0 Å². The van der Waals surface area contributed by atoms with E-state index < -0.39 is 0 Å². The third kappa shape index (κ3) is 2.94. The number of benzene rings is 2. The van der Waals surface area contributed by atoms with Crippen molar-refractivity contribution in [1.29, 1.82) is 0 Å². The number of rotatable bonds is 3. The number of hydrogen-bond donors (Lipinski definition) is 1. The average molecular weight is 290 g/mol. The van der Waals surface area contributed by atoms with Crippen LogP contribution in [0.2, 0.25) is 5.02 Å². The number of para-hydroxylation sites is 1. The molecule has 1 unspecified atom stereocenters. The second-order valence-electron chi connectivity index (χ2n) is 4.66. The first-order chi connectivity index (χ1) is 9.50. The summed E-state index contributed by atoms with van der Waals surface area (Å²) in [5.74, 6) is 0.0500. The Morgan fingerprint density at radius 3 is 2.55 bits per heavy atom. The minimum Gasteiger partial charge on any atom is -0.508 e. The smallest absolute Gasteiger partial charge is 0.254 e. The van der Waals surface area contributed by atoms with Crippen LogP contribution in [0.5, 0.6) is 5.75 Å². The van der Waals surface area contributed by atoms with Gasteiger partial charge in [-0.2, -0.15) is 0 Å². The lowest BCUT2D eigenvalue weighted by atomic mass is 10.1. The zero-order valence-electron chi connectivity index (χ0n) is 11.4. The molecule has 0 saturated carbocycles. The van der Waals surface area contributed by atoms with Gasteiger partial charge in [0.1, 0.15) is 5.75 Å². The van der Waals surface area contributed by atoms with Gasteiger partial charge in [-0.15, -0.1) is 0 Å². The lowest BCUT2D eigenvalue weighted by Crippen LogP contribution is -2.29. The molecular weight excluding hydrogens is 274 g/mol. The highest BCUT2D eigenvalue weighted by Crippen LogP contribution is 2.28. The molecule has 0 saturated heterocycles. The fraction of sp³-hybridized carbons (Fsp3) is 0.188. The van der Waals surface area contributed by atoms with Crippen molar-refractivity contribution >= 4 is 17.5 Å². The molecule has 0 spiro atoms. The van der Waals surface area contributed by atoms with Crippen LogP contribution in [-0.2, 0) is 0 Å². The van der Waals surface area contributed by atoms with Crippen LogP contribution in [-0.4, -0.2) is 23.0 Å². The molecule has 0 radical (unpaired) electrons. The minimum absolute atomic E-state index is 0.136. The third-order valence-corrected chi connectivity index (χ3v) is 3.59. The highest BCUT2D eigenvalue weighted by Gasteiger charge is 2.20. The summed E-state index contributed by atoms with van der Waals surface area (Å²) >= 11 is 5.90. The number of aromatic hydroxyl groups is 1. The van der Waals surface area contributed by atoms with Gasteiger partial charge in [0.2, 0.25) is 0 Å². The zero-order valence-corrected chi connectivity index (χ0v) is 12.1. The highest BCUT2D eigenvalue weighted by atomic mass is 35.5. The molecule has 2 aromatic rings. The number of phenols is 1. The van der Waals surface area contributed by atoms with E-state index in [-0.39, 0.29) is 17.7 Å². The quantitative estimate of drug-likeness (QED) is 0.931. The van der Waals surface area contributed by atoms with Crippen molar-refractivity contribution in [2.24, 2.45) is 0 Å².